The van der Waals surface area contributed by atoms with Crippen molar-refractivity contribution in [2.75, 3.05) is 7.11 Å². The van der Waals surface area contributed by atoms with E-state index >= 15 is 0 Å². The first-order valence-electron chi connectivity index (χ1n) is 6.00. The topological polar surface area (TPSA) is 47.3 Å². The van der Waals surface area contributed by atoms with Crippen LogP contribution in [0, 0.1) is 0 Å². The van der Waals surface area contributed by atoms with Crippen LogP contribution in [0.4, 0.5) is 0 Å². The van der Waals surface area contributed by atoms with Crippen LogP contribution < -0.4 is 4.74 Å². The van der Waals surface area contributed by atoms with Crippen LogP contribution in [0.3, 0.4) is 0 Å². The summed E-state index contributed by atoms with van der Waals surface area (Å²) in [4.78, 5) is 0. The van der Waals surface area contributed by atoms with Crippen LogP contribution in [0.1, 0.15) is 23.8 Å². The van der Waals surface area contributed by atoms with Gasteiger partial charge in [-0.3, -0.25) is 4.68 Å². The zero-order chi connectivity index (χ0) is 13.0. The van der Waals surface area contributed by atoms with Crippen LogP contribution in [-0.2, 0) is 13.5 Å². The third-order valence-electron chi connectivity index (χ3n) is 3.03. The van der Waals surface area contributed by atoms with E-state index in [0.29, 0.717) is 12.2 Å². The monoisotopic (exact) mass is 246 g/mol. The molecule has 0 amide bonds. The number of ether oxygens (including phenoxy) is 1. The van der Waals surface area contributed by atoms with E-state index in [1.807, 2.05) is 25.2 Å². The highest BCUT2D eigenvalue weighted by atomic mass is 16.5. The van der Waals surface area contributed by atoms with Crippen LogP contribution in [0.25, 0.3) is 0 Å². The number of methoxy groups -OCH3 is 1. The van der Waals surface area contributed by atoms with Gasteiger partial charge in [0.15, 0.2) is 5.75 Å². The summed E-state index contributed by atoms with van der Waals surface area (Å²) < 4.78 is 6.86. The molecule has 4 nitrogen and oxygen atoms in total. The second kappa shape index (κ2) is 5.69. The zero-order valence-electron chi connectivity index (χ0n) is 10.7. The largest absolute Gasteiger partial charge is 0.493 e. The fourth-order valence-corrected chi connectivity index (χ4v) is 2.05. The van der Waals surface area contributed by atoms with Gasteiger partial charge in [0.2, 0.25) is 0 Å². The molecule has 96 valence electrons. The molecule has 1 heterocycles. The first kappa shape index (κ1) is 12.6. The highest BCUT2D eigenvalue weighted by molar-refractivity contribution is 5.27. The minimum atomic E-state index is -0.562. The van der Waals surface area contributed by atoms with Gasteiger partial charge in [-0.25, -0.2) is 0 Å². The molecule has 2 aromatic rings. The predicted octanol–water partition coefficient (Wildman–Crippen LogP) is 2.09. The van der Waals surface area contributed by atoms with E-state index in [9.17, 15) is 5.11 Å². The molecule has 4 heteroatoms. The number of benzene rings is 1. The Morgan fingerprint density at radius 3 is 2.72 bits per heavy atom. The van der Waals surface area contributed by atoms with Crippen molar-refractivity contribution in [3.05, 3.63) is 47.8 Å². The summed E-state index contributed by atoms with van der Waals surface area (Å²) >= 11 is 0. The average molecular weight is 246 g/mol. The van der Waals surface area contributed by atoms with E-state index in [2.05, 4.69) is 17.2 Å². The molecule has 1 atom stereocenters. The molecule has 0 radical (unpaired) electrons. The summed E-state index contributed by atoms with van der Waals surface area (Å²) in [5, 5.41) is 14.3. The highest BCUT2D eigenvalue weighted by Crippen LogP contribution is 2.27. The maximum Gasteiger partial charge on any atom is 0.162 e. The molecule has 0 spiro atoms. The fraction of sp³-hybridized carbons (Fsp3) is 0.357. The lowest BCUT2D eigenvalue weighted by Gasteiger charge is -2.12. The molecule has 0 saturated carbocycles. The van der Waals surface area contributed by atoms with Gasteiger partial charge in [-0.15, -0.1) is 0 Å². The van der Waals surface area contributed by atoms with Crippen molar-refractivity contribution >= 4 is 0 Å². The van der Waals surface area contributed by atoms with Crippen LogP contribution in [0.15, 0.2) is 36.5 Å². The Hall–Kier alpha value is -1.81. The molecule has 2 rings (SSSR count). The van der Waals surface area contributed by atoms with Crippen molar-refractivity contribution in [3.63, 3.8) is 0 Å². The first-order valence-corrected chi connectivity index (χ1v) is 6.00. The lowest BCUT2D eigenvalue weighted by molar-refractivity contribution is 0.154. The molecule has 0 fully saturated rings. The van der Waals surface area contributed by atoms with Gasteiger partial charge >= 0.3 is 0 Å². The summed E-state index contributed by atoms with van der Waals surface area (Å²) in [6.45, 7) is 0. The van der Waals surface area contributed by atoms with Crippen LogP contribution >= 0.6 is 0 Å². The van der Waals surface area contributed by atoms with E-state index in [1.165, 1.54) is 5.56 Å². The Labute approximate surface area is 107 Å². The molecular formula is C14H18N2O2. The Morgan fingerprint density at radius 2 is 2.06 bits per heavy atom. The number of aliphatic hydroxyl groups excluding tert-OH is 1. The fourth-order valence-electron chi connectivity index (χ4n) is 2.05. The van der Waals surface area contributed by atoms with Crippen molar-refractivity contribution in [2.45, 2.75) is 18.9 Å². The van der Waals surface area contributed by atoms with Crippen molar-refractivity contribution in [2.24, 2.45) is 7.05 Å². The maximum absolute atomic E-state index is 10.2. The number of hydrogen-bond donors (Lipinski definition) is 1. The minimum Gasteiger partial charge on any atom is -0.493 e. The summed E-state index contributed by atoms with van der Waals surface area (Å²) in [5.74, 6) is 0.637. The second-order valence-electron chi connectivity index (χ2n) is 4.26. The zero-order valence-corrected chi connectivity index (χ0v) is 10.7. The second-order valence-corrected chi connectivity index (χ2v) is 4.26. The third-order valence-corrected chi connectivity index (χ3v) is 3.03. The molecule has 0 aliphatic carbocycles. The molecule has 1 aromatic heterocycles. The van der Waals surface area contributed by atoms with Crippen molar-refractivity contribution in [1.29, 1.82) is 0 Å². The Bertz CT molecular complexity index is 494. The first-order chi connectivity index (χ1) is 8.72. The van der Waals surface area contributed by atoms with Crippen LogP contribution in [0.5, 0.6) is 5.75 Å². The maximum atomic E-state index is 10.2. The smallest absolute Gasteiger partial charge is 0.162 e. The third kappa shape index (κ3) is 2.71. The van der Waals surface area contributed by atoms with Gasteiger partial charge in [0.25, 0.3) is 0 Å². The number of hydrogen-bond acceptors (Lipinski definition) is 3. The summed E-state index contributed by atoms with van der Waals surface area (Å²) in [7, 11) is 3.40. The highest BCUT2D eigenvalue weighted by Gasteiger charge is 2.17. The van der Waals surface area contributed by atoms with Crippen LogP contribution in [-0.4, -0.2) is 22.0 Å². The standard InChI is InChI=1S/C14H18N2O2/c1-16-14(13(18-2)10-15-16)12(17)9-8-11-6-4-3-5-7-11/h3-7,10,12,17H,8-9H2,1-2H3. The lowest BCUT2D eigenvalue weighted by atomic mass is 10.0. The Balaban J connectivity index is 2.03. The molecule has 0 bridgehead atoms. The Kier molecular flexibility index (Phi) is 3.99. The number of nitrogens with zero attached hydrogens (tertiary/aromatic N) is 2. The van der Waals surface area contributed by atoms with Gasteiger partial charge in [0, 0.05) is 7.05 Å². The minimum absolute atomic E-state index is 0.562. The van der Waals surface area contributed by atoms with Gasteiger partial charge in [0.1, 0.15) is 5.69 Å². The average Bonchev–Trinajstić information content (AvgIpc) is 2.78. The number of aliphatic hydroxyl groups is 1. The van der Waals surface area contributed by atoms with E-state index in [-0.39, 0.29) is 0 Å². The van der Waals surface area contributed by atoms with Gasteiger partial charge in [-0.1, -0.05) is 30.3 Å². The summed E-state index contributed by atoms with van der Waals surface area (Å²) in [6.07, 6.45) is 2.55. The van der Waals surface area contributed by atoms with Gasteiger partial charge in [-0.2, -0.15) is 5.10 Å². The number of rotatable bonds is 5. The van der Waals surface area contributed by atoms with E-state index in [0.717, 1.165) is 12.1 Å². The molecule has 0 aliphatic heterocycles. The van der Waals surface area contributed by atoms with Crippen molar-refractivity contribution in [1.82, 2.24) is 9.78 Å². The lowest BCUT2D eigenvalue weighted by Crippen LogP contribution is -2.07. The molecule has 18 heavy (non-hydrogen) atoms. The van der Waals surface area contributed by atoms with Crippen LogP contribution in [0.2, 0.25) is 0 Å². The molecule has 0 saturated heterocycles. The van der Waals surface area contributed by atoms with Crippen molar-refractivity contribution in [3.8, 4) is 5.75 Å². The quantitative estimate of drug-likeness (QED) is 0.878. The molecule has 0 aliphatic rings. The number of aryl methyl sites for hydroxylation is 2. The van der Waals surface area contributed by atoms with E-state index < -0.39 is 6.10 Å². The summed E-state index contributed by atoms with van der Waals surface area (Å²) in [5.41, 5.74) is 1.95. The number of aromatic nitrogens is 2. The van der Waals surface area contributed by atoms with Gasteiger partial charge in [-0.05, 0) is 18.4 Å². The Morgan fingerprint density at radius 1 is 1.33 bits per heavy atom. The molecular weight excluding hydrogens is 228 g/mol. The summed E-state index contributed by atoms with van der Waals surface area (Å²) in [6, 6.07) is 10.1. The van der Waals surface area contributed by atoms with Gasteiger partial charge < -0.3 is 9.84 Å². The molecule has 1 unspecified atom stereocenters. The van der Waals surface area contributed by atoms with Gasteiger partial charge in [0.05, 0.1) is 19.4 Å². The van der Waals surface area contributed by atoms with Crippen molar-refractivity contribution < 1.29 is 9.84 Å². The molecule has 1 aromatic carbocycles. The SMILES string of the molecule is COc1cnn(C)c1C(O)CCc1ccccc1. The van der Waals surface area contributed by atoms with E-state index in [1.54, 1.807) is 18.0 Å². The normalized spacial score (nSPS) is 12.4. The predicted molar refractivity (Wildman–Crippen MR) is 69.5 cm³/mol. The molecule has 1 N–H and O–H groups in total. The van der Waals surface area contributed by atoms with E-state index in [4.69, 9.17) is 4.74 Å².